The van der Waals surface area contributed by atoms with Crippen LogP contribution in [0.3, 0.4) is 0 Å². The lowest BCUT2D eigenvalue weighted by molar-refractivity contribution is -0.142. The van der Waals surface area contributed by atoms with Gasteiger partial charge in [0, 0.05) is 0 Å². The molecule has 9 heavy (non-hydrogen) atoms. The molecule has 0 bridgehead atoms. The fourth-order valence-corrected chi connectivity index (χ4v) is 0.638. The summed E-state index contributed by atoms with van der Waals surface area (Å²) in [4.78, 5) is 14.4. The zero-order valence-electron chi connectivity index (χ0n) is 5.13. The maximum absolute atomic E-state index is 10.6. The van der Waals surface area contributed by atoms with E-state index in [0.29, 0.717) is 6.54 Å². The van der Waals surface area contributed by atoms with E-state index in [2.05, 4.69) is 15.0 Å². The van der Waals surface area contributed by atoms with Crippen molar-refractivity contribution in [1.82, 2.24) is 5.32 Å². The van der Waals surface area contributed by atoms with Gasteiger partial charge in [0.1, 0.15) is 6.04 Å². The Hall–Kier alpha value is -1.06. The van der Waals surface area contributed by atoms with E-state index in [4.69, 9.17) is 0 Å². The predicted octanol–water partition coefficient (Wildman–Crippen LogP) is -0.841. The van der Waals surface area contributed by atoms with Crippen LogP contribution in [0.1, 0.15) is 0 Å². The molecule has 0 amide bonds. The minimum absolute atomic E-state index is 0.255. The summed E-state index contributed by atoms with van der Waals surface area (Å²) in [7, 11) is 1.36. The normalized spacial score (nSPS) is 23.4. The Labute approximate surface area is 52.9 Å². The van der Waals surface area contributed by atoms with E-state index in [1.54, 1.807) is 0 Å². The largest absolute Gasteiger partial charge is 0.467 e. The van der Waals surface area contributed by atoms with Crippen molar-refractivity contribution in [2.24, 2.45) is 4.99 Å². The Balaban J connectivity index is 2.36. The number of methoxy groups -OCH3 is 1. The molecule has 1 aliphatic rings. The molecule has 0 radical (unpaired) electrons. The minimum atomic E-state index is -0.257. The highest BCUT2D eigenvalue weighted by Gasteiger charge is 2.19. The smallest absolute Gasteiger partial charge is 0.330 e. The molecule has 0 fully saturated rings. The van der Waals surface area contributed by atoms with Crippen LogP contribution in [0.4, 0.5) is 0 Å². The fourth-order valence-electron chi connectivity index (χ4n) is 0.638. The van der Waals surface area contributed by atoms with Crippen LogP contribution in [0.2, 0.25) is 0 Å². The van der Waals surface area contributed by atoms with Crippen LogP contribution in [0.15, 0.2) is 4.99 Å². The zero-order valence-corrected chi connectivity index (χ0v) is 5.13. The lowest BCUT2D eigenvalue weighted by atomic mass is 10.3. The van der Waals surface area contributed by atoms with Gasteiger partial charge in [-0.3, -0.25) is 4.99 Å². The van der Waals surface area contributed by atoms with Gasteiger partial charge in [0.15, 0.2) is 0 Å². The molecule has 50 valence electrons. The fraction of sp³-hybridized carbons (Fsp3) is 0.600. The average molecular weight is 128 g/mol. The third kappa shape index (κ3) is 1.19. The molecule has 0 spiro atoms. The van der Waals surface area contributed by atoms with Gasteiger partial charge in [-0.05, 0) is 0 Å². The number of rotatable bonds is 1. The van der Waals surface area contributed by atoms with Gasteiger partial charge in [-0.2, -0.15) is 0 Å². The number of carbonyl (C=O) groups excluding carboxylic acids is 1. The molecule has 4 nitrogen and oxygen atoms in total. The zero-order chi connectivity index (χ0) is 6.69. The van der Waals surface area contributed by atoms with Crippen LogP contribution in [-0.4, -0.2) is 32.0 Å². The van der Waals surface area contributed by atoms with Gasteiger partial charge in [0.2, 0.25) is 0 Å². The summed E-state index contributed by atoms with van der Waals surface area (Å²) in [5, 5.41) is 2.74. The molecular weight excluding hydrogens is 120 g/mol. The van der Waals surface area contributed by atoms with Gasteiger partial charge in [-0.25, -0.2) is 4.79 Å². The molecule has 0 unspecified atom stereocenters. The number of hydrogen-bond donors (Lipinski definition) is 1. The predicted molar refractivity (Wildman–Crippen MR) is 32.3 cm³/mol. The number of esters is 1. The van der Waals surface area contributed by atoms with E-state index < -0.39 is 0 Å². The molecule has 0 saturated heterocycles. The highest BCUT2D eigenvalue weighted by molar-refractivity contribution is 5.80. The van der Waals surface area contributed by atoms with Crippen molar-refractivity contribution in [3.8, 4) is 0 Å². The summed E-state index contributed by atoms with van der Waals surface area (Å²) in [5.41, 5.74) is 0. The quantitative estimate of drug-likeness (QED) is 0.468. The third-order valence-corrected chi connectivity index (χ3v) is 1.14. The van der Waals surface area contributed by atoms with E-state index in [1.165, 1.54) is 13.4 Å². The first-order chi connectivity index (χ1) is 4.34. The number of ether oxygens (including phenoxy) is 1. The first-order valence-electron chi connectivity index (χ1n) is 2.67. The van der Waals surface area contributed by atoms with Crippen LogP contribution in [0.25, 0.3) is 0 Å². The second kappa shape index (κ2) is 2.48. The maximum Gasteiger partial charge on any atom is 0.330 e. The van der Waals surface area contributed by atoms with Crippen molar-refractivity contribution in [1.29, 1.82) is 0 Å². The summed E-state index contributed by atoms with van der Waals surface area (Å²) in [6.07, 6.45) is 1.52. The number of carbonyl (C=O) groups is 1. The van der Waals surface area contributed by atoms with Crippen molar-refractivity contribution < 1.29 is 9.53 Å². The van der Waals surface area contributed by atoms with Gasteiger partial charge in [0.05, 0.1) is 20.0 Å². The summed E-state index contributed by atoms with van der Waals surface area (Å²) >= 11 is 0. The van der Waals surface area contributed by atoms with Gasteiger partial charge < -0.3 is 10.1 Å². The maximum atomic E-state index is 10.6. The van der Waals surface area contributed by atoms with Crippen LogP contribution >= 0.6 is 0 Å². The number of aliphatic imine (C=N–C) groups is 1. The Morgan fingerprint density at radius 3 is 3.22 bits per heavy atom. The molecule has 4 heteroatoms. The van der Waals surface area contributed by atoms with E-state index in [-0.39, 0.29) is 12.0 Å². The highest BCUT2D eigenvalue weighted by atomic mass is 16.5. The number of hydrogen-bond acceptors (Lipinski definition) is 4. The Kier molecular flexibility index (Phi) is 1.67. The molecule has 0 aromatic carbocycles. The number of nitrogens with one attached hydrogen (secondary N) is 1. The van der Waals surface area contributed by atoms with E-state index in [1.807, 2.05) is 0 Å². The topological polar surface area (TPSA) is 50.7 Å². The summed E-state index contributed by atoms with van der Waals surface area (Å²) < 4.78 is 4.45. The van der Waals surface area contributed by atoms with Gasteiger partial charge >= 0.3 is 5.97 Å². The SMILES string of the molecule is COC(=O)[C@H]1CN=CN1. The second-order valence-corrected chi connectivity index (χ2v) is 1.74. The van der Waals surface area contributed by atoms with E-state index in [9.17, 15) is 4.79 Å². The van der Waals surface area contributed by atoms with Gasteiger partial charge in [-0.1, -0.05) is 0 Å². The van der Waals surface area contributed by atoms with Crippen molar-refractivity contribution in [3.63, 3.8) is 0 Å². The van der Waals surface area contributed by atoms with Gasteiger partial charge in [-0.15, -0.1) is 0 Å². The van der Waals surface area contributed by atoms with Crippen molar-refractivity contribution in [2.75, 3.05) is 13.7 Å². The first-order valence-corrected chi connectivity index (χ1v) is 2.67. The van der Waals surface area contributed by atoms with Crippen LogP contribution in [0, 0.1) is 0 Å². The summed E-state index contributed by atoms with van der Waals surface area (Å²) in [5.74, 6) is -0.257. The molecule has 0 aromatic heterocycles. The van der Waals surface area contributed by atoms with Crippen LogP contribution in [-0.2, 0) is 9.53 Å². The summed E-state index contributed by atoms with van der Waals surface area (Å²) in [6.45, 7) is 0.493. The van der Waals surface area contributed by atoms with Crippen LogP contribution in [0.5, 0.6) is 0 Å². The van der Waals surface area contributed by atoms with Gasteiger partial charge in [0.25, 0.3) is 0 Å². The Bertz CT molecular complexity index is 136. The Morgan fingerprint density at radius 2 is 2.78 bits per heavy atom. The molecule has 0 aliphatic carbocycles. The lowest BCUT2D eigenvalue weighted by Crippen LogP contribution is -2.34. The molecule has 1 N–H and O–H groups in total. The molecular formula is C5H8N2O2. The molecule has 1 rings (SSSR count). The second-order valence-electron chi connectivity index (χ2n) is 1.74. The molecule has 1 aliphatic heterocycles. The third-order valence-electron chi connectivity index (χ3n) is 1.14. The van der Waals surface area contributed by atoms with Crippen molar-refractivity contribution >= 4 is 12.3 Å². The Morgan fingerprint density at radius 1 is 2.00 bits per heavy atom. The van der Waals surface area contributed by atoms with E-state index >= 15 is 0 Å². The summed E-state index contributed by atoms with van der Waals surface area (Å²) in [6, 6.07) is -0.255. The van der Waals surface area contributed by atoms with Crippen molar-refractivity contribution in [2.45, 2.75) is 6.04 Å². The molecule has 0 aromatic rings. The number of nitrogens with zero attached hydrogens (tertiary/aromatic N) is 1. The average Bonchev–Trinajstić information content (AvgIpc) is 2.37. The lowest BCUT2D eigenvalue weighted by Gasteiger charge is -2.04. The monoisotopic (exact) mass is 128 g/mol. The molecule has 0 saturated carbocycles. The molecule has 1 heterocycles. The van der Waals surface area contributed by atoms with Crippen molar-refractivity contribution in [3.05, 3.63) is 0 Å². The van der Waals surface area contributed by atoms with Crippen LogP contribution < -0.4 is 5.32 Å². The minimum Gasteiger partial charge on any atom is -0.467 e. The highest BCUT2D eigenvalue weighted by Crippen LogP contribution is 1.91. The first kappa shape index (κ1) is 6.07. The molecule has 1 atom stereocenters. The van der Waals surface area contributed by atoms with E-state index in [0.717, 1.165) is 0 Å². The standard InChI is InChI=1S/C5H8N2O2/c1-9-5(8)4-2-6-3-7-4/h3-4H,2H2,1H3,(H,6,7)/t4-/m1/s1.